The molecule has 0 aromatic heterocycles. The van der Waals surface area contributed by atoms with E-state index in [0.717, 1.165) is 16.9 Å². The smallest absolute Gasteiger partial charge is 0.119 e. The van der Waals surface area contributed by atoms with E-state index >= 15 is 0 Å². The molecule has 0 saturated carbocycles. The summed E-state index contributed by atoms with van der Waals surface area (Å²) in [5, 5.41) is 12.2. The number of hydrazone groups is 1. The van der Waals surface area contributed by atoms with Crippen molar-refractivity contribution < 1.29 is 4.74 Å². The molecule has 0 aliphatic rings. The Morgan fingerprint density at radius 3 is 2.37 bits per heavy atom. The van der Waals surface area contributed by atoms with Gasteiger partial charge in [-0.2, -0.15) is 10.4 Å². The van der Waals surface area contributed by atoms with Crippen LogP contribution in [0.5, 0.6) is 5.75 Å². The predicted molar refractivity (Wildman–Crippen MR) is 73.7 cm³/mol. The largest absolute Gasteiger partial charge is 0.489 e. The summed E-state index contributed by atoms with van der Waals surface area (Å²) < 4.78 is 5.64. The van der Waals surface area contributed by atoms with Crippen LogP contribution in [0.15, 0.2) is 53.6 Å². The van der Waals surface area contributed by atoms with Gasteiger partial charge in [-0.3, -0.25) is 0 Å². The van der Waals surface area contributed by atoms with Gasteiger partial charge in [-0.15, -0.1) is 0 Å². The first-order valence-corrected chi connectivity index (χ1v) is 5.77. The van der Waals surface area contributed by atoms with Crippen molar-refractivity contribution in [3.8, 4) is 11.8 Å². The first-order chi connectivity index (χ1) is 9.31. The molecule has 0 atom stereocenters. The molecule has 0 amide bonds. The lowest BCUT2D eigenvalue weighted by Gasteiger charge is -2.06. The van der Waals surface area contributed by atoms with Crippen LogP contribution in [0.3, 0.4) is 0 Å². The monoisotopic (exact) mass is 251 g/mol. The van der Waals surface area contributed by atoms with Crippen LogP contribution in [0.4, 0.5) is 0 Å². The lowest BCUT2D eigenvalue weighted by molar-refractivity contribution is 0.306. The summed E-state index contributed by atoms with van der Waals surface area (Å²) in [6.45, 7) is 0.468. The third-order valence-electron chi connectivity index (χ3n) is 2.59. The SMILES string of the molecule is N#Cc1ccc(COc2ccc(C=NN)cc2)cc1. The minimum Gasteiger partial charge on any atom is -0.489 e. The highest BCUT2D eigenvalue weighted by molar-refractivity contribution is 5.79. The van der Waals surface area contributed by atoms with Crippen LogP contribution in [0, 0.1) is 11.3 Å². The first-order valence-electron chi connectivity index (χ1n) is 5.77. The lowest BCUT2D eigenvalue weighted by atomic mass is 10.1. The Morgan fingerprint density at radius 2 is 1.79 bits per heavy atom. The van der Waals surface area contributed by atoms with Crippen LogP contribution in [-0.2, 0) is 6.61 Å². The summed E-state index contributed by atoms with van der Waals surface area (Å²) in [5.74, 6) is 5.85. The standard InChI is InChI=1S/C15H13N3O/c16-9-12-1-3-14(4-2-12)11-19-15-7-5-13(6-8-15)10-18-17/h1-8,10H,11,17H2. The molecule has 0 bridgehead atoms. The highest BCUT2D eigenvalue weighted by Gasteiger charge is 1.97. The minimum atomic E-state index is 0.468. The highest BCUT2D eigenvalue weighted by atomic mass is 16.5. The van der Waals surface area contributed by atoms with Gasteiger partial charge in [0.2, 0.25) is 0 Å². The number of hydrogen-bond acceptors (Lipinski definition) is 4. The summed E-state index contributed by atoms with van der Waals surface area (Å²) in [5.41, 5.74) is 2.59. The zero-order valence-corrected chi connectivity index (χ0v) is 10.3. The number of nitriles is 1. The van der Waals surface area contributed by atoms with Crippen molar-refractivity contribution in [2.45, 2.75) is 6.61 Å². The molecule has 2 N–H and O–H groups in total. The lowest BCUT2D eigenvalue weighted by Crippen LogP contribution is -1.95. The van der Waals surface area contributed by atoms with E-state index in [1.807, 2.05) is 36.4 Å². The van der Waals surface area contributed by atoms with E-state index in [1.165, 1.54) is 0 Å². The number of ether oxygens (including phenoxy) is 1. The molecule has 0 heterocycles. The van der Waals surface area contributed by atoms with Gasteiger partial charge in [0.25, 0.3) is 0 Å². The highest BCUT2D eigenvalue weighted by Crippen LogP contribution is 2.13. The molecule has 0 aliphatic carbocycles. The van der Waals surface area contributed by atoms with Crippen molar-refractivity contribution in [3.63, 3.8) is 0 Å². The second-order valence-corrected chi connectivity index (χ2v) is 3.94. The van der Waals surface area contributed by atoms with Gasteiger partial charge in [0.15, 0.2) is 0 Å². The van der Waals surface area contributed by atoms with Gasteiger partial charge >= 0.3 is 0 Å². The molecular formula is C15H13N3O. The third kappa shape index (κ3) is 3.58. The molecule has 0 saturated heterocycles. The summed E-state index contributed by atoms with van der Waals surface area (Å²) in [6, 6.07) is 16.9. The summed E-state index contributed by atoms with van der Waals surface area (Å²) in [6.07, 6.45) is 1.57. The fourth-order valence-electron chi connectivity index (χ4n) is 1.58. The molecule has 0 spiro atoms. The van der Waals surface area contributed by atoms with Crippen molar-refractivity contribution >= 4 is 6.21 Å². The molecule has 19 heavy (non-hydrogen) atoms. The molecular weight excluding hydrogens is 238 g/mol. The predicted octanol–water partition coefficient (Wildman–Crippen LogP) is 2.43. The van der Waals surface area contributed by atoms with Crippen LogP contribution in [0.1, 0.15) is 16.7 Å². The van der Waals surface area contributed by atoms with Gasteiger partial charge in [-0.1, -0.05) is 12.1 Å². The molecule has 2 aromatic carbocycles. The molecule has 0 radical (unpaired) electrons. The fraction of sp³-hybridized carbons (Fsp3) is 0.0667. The van der Waals surface area contributed by atoms with Crippen molar-refractivity contribution in [3.05, 3.63) is 65.2 Å². The summed E-state index contributed by atoms with van der Waals surface area (Å²) >= 11 is 0. The van der Waals surface area contributed by atoms with E-state index in [1.54, 1.807) is 18.3 Å². The Hall–Kier alpha value is -2.80. The molecule has 0 fully saturated rings. The summed E-state index contributed by atoms with van der Waals surface area (Å²) in [7, 11) is 0. The van der Waals surface area contributed by atoms with E-state index in [4.69, 9.17) is 15.8 Å². The van der Waals surface area contributed by atoms with Crippen LogP contribution >= 0.6 is 0 Å². The van der Waals surface area contributed by atoms with E-state index in [0.29, 0.717) is 12.2 Å². The Bertz CT molecular complexity index is 595. The second-order valence-electron chi connectivity index (χ2n) is 3.94. The second kappa shape index (κ2) is 6.22. The minimum absolute atomic E-state index is 0.468. The van der Waals surface area contributed by atoms with Crippen LogP contribution in [-0.4, -0.2) is 6.21 Å². The van der Waals surface area contributed by atoms with Gasteiger partial charge in [-0.25, -0.2) is 0 Å². The maximum atomic E-state index is 8.71. The normalized spacial score (nSPS) is 10.3. The number of nitrogens with two attached hydrogens (primary N) is 1. The molecule has 2 rings (SSSR count). The number of rotatable bonds is 4. The fourth-order valence-corrected chi connectivity index (χ4v) is 1.58. The van der Waals surface area contributed by atoms with Gasteiger partial charge in [0.1, 0.15) is 12.4 Å². The average Bonchev–Trinajstić information content (AvgIpc) is 2.47. The van der Waals surface area contributed by atoms with E-state index in [2.05, 4.69) is 11.2 Å². The molecule has 94 valence electrons. The first kappa shape index (κ1) is 12.7. The van der Waals surface area contributed by atoms with Crippen molar-refractivity contribution in [2.75, 3.05) is 0 Å². The quantitative estimate of drug-likeness (QED) is 0.515. The Labute approximate surface area is 111 Å². The Kier molecular flexibility index (Phi) is 4.14. The topological polar surface area (TPSA) is 71.4 Å². The molecule has 2 aromatic rings. The van der Waals surface area contributed by atoms with Gasteiger partial charge < -0.3 is 10.6 Å². The van der Waals surface area contributed by atoms with Gasteiger partial charge in [-0.05, 0) is 47.5 Å². The molecule has 0 aliphatic heterocycles. The number of nitrogens with zero attached hydrogens (tertiary/aromatic N) is 2. The molecule has 4 nitrogen and oxygen atoms in total. The van der Waals surface area contributed by atoms with E-state index in [-0.39, 0.29) is 0 Å². The Balaban J connectivity index is 1.96. The maximum absolute atomic E-state index is 8.71. The number of hydrogen-bond donors (Lipinski definition) is 1. The number of benzene rings is 2. The zero-order valence-electron chi connectivity index (χ0n) is 10.3. The molecule has 4 heteroatoms. The van der Waals surface area contributed by atoms with Crippen LogP contribution in [0.25, 0.3) is 0 Å². The van der Waals surface area contributed by atoms with Crippen molar-refractivity contribution in [2.24, 2.45) is 10.9 Å². The maximum Gasteiger partial charge on any atom is 0.119 e. The van der Waals surface area contributed by atoms with Crippen molar-refractivity contribution in [1.29, 1.82) is 5.26 Å². The van der Waals surface area contributed by atoms with Crippen LogP contribution in [0.2, 0.25) is 0 Å². The van der Waals surface area contributed by atoms with Crippen LogP contribution < -0.4 is 10.6 Å². The molecule has 0 unspecified atom stereocenters. The van der Waals surface area contributed by atoms with Crippen molar-refractivity contribution in [1.82, 2.24) is 0 Å². The van der Waals surface area contributed by atoms with E-state index < -0.39 is 0 Å². The zero-order chi connectivity index (χ0) is 13.5. The van der Waals surface area contributed by atoms with Gasteiger partial charge in [0.05, 0.1) is 17.8 Å². The van der Waals surface area contributed by atoms with E-state index in [9.17, 15) is 0 Å². The van der Waals surface area contributed by atoms with Gasteiger partial charge in [0, 0.05) is 0 Å². The Morgan fingerprint density at radius 1 is 1.11 bits per heavy atom. The third-order valence-corrected chi connectivity index (χ3v) is 2.59. The average molecular weight is 251 g/mol. The summed E-state index contributed by atoms with van der Waals surface area (Å²) in [4.78, 5) is 0.